The van der Waals surface area contributed by atoms with Gasteiger partial charge in [0, 0.05) is 12.1 Å². The highest BCUT2D eigenvalue weighted by Gasteiger charge is 2.35. The largest absolute Gasteiger partial charge is 0.496 e. The summed E-state index contributed by atoms with van der Waals surface area (Å²) in [6, 6.07) is 1.99. The van der Waals surface area contributed by atoms with Gasteiger partial charge in [-0.15, -0.1) is 0 Å². The lowest BCUT2D eigenvalue weighted by Gasteiger charge is -2.29. The van der Waals surface area contributed by atoms with Gasteiger partial charge in [-0.2, -0.15) is 17.6 Å². The van der Waals surface area contributed by atoms with Gasteiger partial charge in [-0.1, -0.05) is 26.8 Å². The number of methoxy groups -OCH3 is 1. The Kier molecular flexibility index (Phi) is 7.23. The molecule has 1 fully saturated rings. The monoisotopic (exact) mass is 483 g/mol. The Bertz CT molecular complexity index is 1040. The molecule has 3 rings (SSSR count). The summed E-state index contributed by atoms with van der Waals surface area (Å²) in [6.07, 6.45) is -1.73. The molecule has 11 heteroatoms. The molecule has 0 radical (unpaired) electrons. The van der Waals surface area contributed by atoms with E-state index >= 15 is 4.39 Å². The summed E-state index contributed by atoms with van der Waals surface area (Å²) in [7, 11) is 1.30. The first kappa shape index (κ1) is 25.5. The van der Waals surface area contributed by atoms with E-state index in [0.717, 1.165) is 12.1 Å². The quantitative estimate of drug-likeness (QED) is 0.555. The summed E-state index contributed by atoms with van der Waals surface area (Å²) in [5.74, 6) is -1.51. The Balaban J connectivity index is 1.94. The molecule has 1 aromatic heterocycles. The van der Waals surface area contributed by atoms with Gasteiger partial charge in [0.2, 0.25) is 11.7 Å². The average molecular weight is 484 g/mol. The zero-order valence-corrected chi connectivity index (χ0v) is 19.5. The summed E-state index contributed by atoms with van der Waals surface area (Å²) in [5, 5.41) is 2.79. The van der Waals surface area contributed by atoms with E-state index in [9.17, 15) is 18.0 Å². The number of anilines is 2. The standard InChI is InChI=1S/C23H29F4N5O2/c1-22(2,3)11-15(19(28)33)31-20-18(24)21(30-12-29-20)32-9-5-6-16(32)14-8-7-13(23(25,26)27)10-17(14)34-4/h7-8,10,12,15-16H,5-6,9,11H2,1-4H3,(H2,28,33)(H,29,30,31)/t15-,16?/m1/s1. The van der Waals surface area contributed by atoms with Crippen LogP contribution >= 0.6 is 0 Å². The number of nitrogens with zero attached hydrogens (tertiary/aromatic N) is 3. The maximum atomic E-state index is 15.5. The van der Waals surface area contributed by atoms with Gasteiger partial charge in [-0.25, -0.2) is 9.97 Å². The van der Waals surface area contributed by atoms with Crippen LogP contribution in [0.1, 0.15) is 57.2 Å². The molecule has 1 aliphatic rings. The molecule has 1 unspecified atom stereocenters. The van der Waals surface area contributed by atoms with Crippen molar-refractivity contribution in [2.45, 2.75) is 58.3 Å². The summed E-state index contributed by atoms with van der Waals surface area (Å²) < 4.78 is 60.2. The Hall–Kier alpha value is -3.11. The van der Waals surface area contributed by atoms with Crippen LogP contribution in [0.4, 0.5) is 29.2 Å². The molecule has 0 spiro atoms. The second-order valence-corrected chi connectivity index (χ2v) is 9.53. The Morgan fingerprint density at radius 2 is 2.00 bits per heavy atom. The lowest BCUT2D eigenvalue weighted by molar-refractivity contribution is -0.137. The van der Waals surface area contributed by atoms with Crippen LogP contribution in [0.25, 0.3) is 0 Å². The molecule has 34 heavy (non-hydrogen) atoms. The minimum Gasteiger partial charge on any atom is -0.496 e. The number of carbonyl (C=O) groups is 1. The molecule has 2 atom stereocenters. The van der Waals surface area contributed by atoms with Crippen LogP contribution in [0.15, 0.2) is 24.5 Å². The Morgan fingerprint density at radius 3 is 2.59 bits per heavy atom. The fraction of sp³-hybridized carbons (Fsp3) is 0.522. The molecule has 0 saturated carbocycles. The van der Waals surface area contributed by atoms with Crippen LogP contribution < -0.4 is 20.7 Å². The maximum Gasteiger partial charge on any atom is 0.416 e. The second-order valence-electron chi connectivity index (χ2n) is 9.53. The first-order chi connectivity index (χ1) is 15.8. The third kappa shape index (κ3) is 5.68. The third-order valence-electron chi connectivity index (χ3n) is 5.69. The zero-order chi connectivity index (χ0) is 25.3. The molecular formula is C23H29F4N5O2. The number of carbonyl (C=O) groups excluding carboxylic acids is 1. The predicted octanol–water partition coefficient (Wildman–Crippen LogP) is 4.69. The van der Waals surface area contributed by atoms with Crippen molar-refractivity contribution in [3.8, 4) is 5.75 Å². The number of primary amides is 1. The summed E-state index contributed by atoms with van der Waals surface area (Å²) in [6.45, 7) is 6.22. The van der Waals surface area contributed by atoms with Crippen LogP contribution in [-0.2, 0) is 11.0 Å². The van der Waals surface area contributed by atoms with E-state index in [1.165, 1.54) is 19.5 Å². The molecule has 3 N–H and O–H groups in total. The molecular weight excluding hydrogens is 454 g/mol. The van der Waals surface area contributed by atoms with Crippen molar-refractivity contribution < 1.29 is 27.1 Å². The first-order valence-corrected chi connectivity index (χ1v) is 10.9. The number of halogens is 4. The van der Waals surface area contributed by atoms with E-state index < -0.39 is 35.5 Å². The van der Waals surface area contributed by atoms with Crippen LogP contribution in [0.5, 0.6) is 5.75 Å². The fourth-order valence-corrected chi connectivity index (χ4v) is 4.17. The van der Waals surface area contributed by atoms with Gasteiger partial charge >= 0.3 is 6.18 Å². The summed E-state index contributed by atoms with van der Waals surface area (Å²) >= 11 is 0. The predicted molar refractivity (Wildman–Crippen MR) is 120 cm³/mol. The number of hydrogen-bond acceptors (Lipinski definition) is 6. The number of amides is 1. The SMILES string of the molecule is COc1cc(C(F)(F)F)ccc1C1CCCN1c1ncnc(N[C@H](CC(C)(C)C)C(N)=O)c1F. The molecule has 2 heterocycles. The zero-order valence-electron chi connectivity index (χ0n) is 19.5. The lowest BCUT2D eigenvalue weighted by atomic mass is 9.88. The van der Waals surface area contributed by atoms with Crippen LogP contribution in [0, 0.1) is 11.2 Å². The van der Waals surface area contributed by atoms with E-state index in [1.807, 2.05) is 20.8 Å². The molecule has 0 aliphatic carbocycles. The van der Waals surface area contributed by atoms with E-state index in [2.05, 4.69) is 15.3 Å². The van der Waals surface area contributed by atoms with Crippen molar-refractivity contribution in [2.75, 3.05) is 23.9 Å². The van der Waals surface area contributed by atoms with E-state index in [-0.39, 0.29) is 22.8 Å². The lowest BCUT2D eigenvalue weighted by Crippen LogP contribution is -2.39. The number of rotatable bonds is 7. The van der Waals surface area contributed by atoms with Gasteiger partial charge in [0.15, 0.2) is 11.6 Å². The fourth-order valence-electron chi connectivity index (χ4n) is 4.17. The molecule has 7 nitrogen and oxygen atoms in total. The number of alkyl halides is 3. The van der Waals surface area contributed by atoms with E-state index in [1.54, 1.807) is 4.90 Å². The second kappa shape index (κ2) is 9.63. The molecule has 1 amide bonds. The minimum atomic E-state index is -4.51. The molecule has 2 aromatic rings. The maximum absolute atomic E-state index is 15.5. The van der Waals surface area contributed by atoms with Gasteiger partial charge < -0.3 is 20.7 Å². The van der Waals surface area contributed by atoms with Crippen LogP contribution in [0.2, 0.25) is 0 Å². The van der Waals surface area contributed by atoms with E-state index in [0.29, 0.717) is 31.4 Å². The highest BCUT2D eigenvalue weighted by atomic mass is 19.4. The normalized spacial score (nSPS) is 17.5. The van der Waals surface area contributed by atoms with Crippen molar-refractivity contribution >= 4 is 17.5 Å². The van der Waals surface area contributed by atoms with Gasteiger partial charge in [0.1, 0.15) is 18.1 Å². The van der Waals surface area contributed by atoms with Crippen molar-refractivity contribution in [2.24, 2.45) is 11.1 Å². The summed E-state index contributed by atoms with van der Waals surface area (Å²) in [4.78, 5) is 21.7. The number of aromatic nitrogens is 2. The van der Waals surface area contributed by atoms with Crippen LogP contribution in [0.3, 0.4) is 0 Å². The Labute approximate surface area is 195 Å². The summed E-state index contributed by atoms with van der Waals surface area (Å²) in [5.41, 5.74) is 4.93. The Morgan fingerprint density at radius 1 is 1.29 bits per heavy atom. The average Bonchev–Trinajstić information content (AvgIpc) is 3.21. The minimum absolute atomic E-state index is 0.0130. The van der Waals surface area contributed by atoms with Gasteiger partial charge in [-0.05, 0) is 36.8 Å². The molecule has 1 saturated heterocycles. The highest BCUT2D eigenvalue weighted by Crippen LogP contribution is 2.42. The van der Waals surface area contributed by atoms with Crippen LogP contribution in [-0.4, -0.2) is 35.6 Å². The molecule has 1 aliphatic heterocycles. The van der Waals surface area contributed by atoms with E-state index in [4.69, 9.17) is 10.5 Å². The number of ether oxygens (including phenoxy) is 1. The number of benzene rings is 1. The smallest absolute Gasteiger partial charge is 0.416 e. The van der Waals surface area contributed by atoms with Crippen molar-refractivity contribution in [3.63, 3.8) is 0 Å². The van der Waals surface area contributed by atoms with Crippen molar-refractivity contribution in [1.82, 2.24) is 9.97 Å². The molecule has 0 bridgehead atoms. The number of nitrogens with one attached hydrogen (secondary N) is 1. The number of nitrogens with two attached hydrogens (primary N) is 1. The van der Waals surface area contributed by atoms with Crippen molar-refractivity contribution in [1.29, 1.82) is 0 Å². The van der Waals surface area contributed by atoms with Crippen molar-refractivity contribution in [3.05, 3.63) is 41.5 Å². The first-order valence-electron chi connectivity index (χ1n) is 10.9. The number of hydrogen-bond donors (Lipinski definition) is 2. The van der Waals surface area contributed by atoms with Gasteiger partial charge in [0.25, 0.3) is 0 Å². The molecule has 186 valence electrons. The van der Waals surface area contributed by atoms with Gasteiger partial charge in [0.05, 0.1) is 18.7 Å². The highest BCUT2D eigenvalue weighted by molar-refractivity contribution is 5.82. The third-order valence-corrected chi connectivity index (χ3v) is 5.69. The molecule has 1 aromatic carbocycles. The topological polar surface area (TPSA) is 93.4 Å². The van der Waals surface area contributed by atoms with Gasteiger partial charge in [-0.3, -0.25) is 4.79 Å².